The zero-order valence-electron chi connectivity index (χ0n) is 12.4. The summed E-state index contributed by atoms with van der Waals surface area (Å²) in [6.45, 7) is 13.8. The van der Waals surface area contributed by atoms with Crippen molar-refractivity contribution in [1.29, 1.82) is 0 Å². The monoisotopic (exact) mass is 251 g/mol. The Morgan fingerprint density at radius 2 is 1.67 bits per heavy atom. The van der Waals surface area contributed by atoms with Crippen LogP contribution in [0, 0.1) is 0 Å². The van der Waals surface area contributed by atoms with Crippen LogP contribution < -0.4 is 5.32 Å². The topological polar surface area (TPSA) is 47.0 Å². The predicted octanol–water partition coefficient (Wildman–Crippen LogP) is 2.64. The molecule has 0 unspecified atom stereocenters. The number of nitrogens with zero attached hydrogens (tertiary/aromatic N) is 2. The first kappa shape index (κ1) is 15.1. The first-order valence-corrected chi connectivity index (χ1v) is 6.45. The Balaban J connectivity index is 2.68. The molecule has 4 heteroatoms. The fourth-order valence-corrected chi connectivity index (χ4v) is 1.55. The van der Waals surface area contributed by atoms with E-state index < -0.39 is 5.60 Å². The lowest BCUT2D eigenvalue weighted by atomic mass is 10.1. The number of hydrogen-bond acceptors (Lipinski definition) is 4. The highest BCUT2D eigenvalue weighted by atomic mass is 16.5. The van der Waals surface area contributed by atoms with Gasteiger partial charge in [-0.05, 0) is 41.5 Å². The third-order valence-corrected chi connectivity index (χ3v) is 2.57. The zero-order valence-corrected chi connectivity index (χ0v) is 12.4. The van der Waals surface area contributed by atoms with Gasteiger partial charge in [-0.1, -0.05) is 0 Å². The molecule has 0 amide bonds. The van der Waals surface area contributed by atoms with E-state index in [-0.39, 0.29) is 5.54 Å². The van der Waals surface area contributed by atoms with Gasteiger partial charge >= 0.3 is 0 Å². The van der Waals surface area contributed by atoms with E-state index in [1.54, 1.807) is 0 Å². The van der Waals surface area contributed by atoms with Gasteiger partial charge in [0.1, 0.15) is 5.60 Å². The van der Waals surface area contributed by atoms with Crippen LogP contribution in [0.25, 0.3) is 0 Å². The summed E-state index contributed by atoms with van der Waals surface area (Å²) in [4.78, 5) is 8.79. The van der Waals surface area contributed by atoms with Gasteiger partial charge in [-0.15, -0.1) is 0 Å². The van der Waals surface area contributed by atoms with Gasteiger partial charge in [-0.2, -0.15) is 0 Å². The molecule has 102 valence electrons. The van der Waals surface area contributed by atoms with Crippen molar-refractivity contribution in [1.82, 2.24) is 15.3 Å². The lowest BCUT2D eigenvalue weighted by Crippen LogP contribution is -2.35. The average molecular weight is 251 g/mol. The van der Waals surface area contributed by atoms with Crippen molar-refractivity contribution in [2.45, 2.75) is 59.2 Å². The summed E-state index contributed by atoms with van der Waals surface area (Å²) in [6, 6.07) is 0. The Labute approximate surface area is 110 Å². The minimum absolute atomic E-state index is 0.100. The van der Waals surface area contributed by atoms with E-state index >= 15 is 0 Å². The highest BCUT2D eigenvalue weighted by Crippen LogP contribution is 2.20. The van der Waals surface area contributed by atoms with Crippen LogP contribution in [0.1, 0.15) is 52.9 Å². The predicted molar refractivity (Wildman–Crippen MR) is 73.3 cm³/mol. The van der Waals surface area contributed by atoms with Crippen LogP contribution in [-0.4, -0.2) is 22.1 Å². The van der Waals surface area contributed by atoms with Gasteiger partial charge in [0, 0.05) is 36.6 Å². The minimum atomic E-state index is -0.426. The molecule has 1 aromatic rings. The standard InChI is InChI=1S/C14H25N3O/c1-7-18-14(5,6)12-15-8-11(9-16-12)10-17-13(2,3)4/h8-9,17H,7,10H2,1-6H3. The molecular formula is C14H25N3O. The molecule has 0 aliphatic rings. The summed E-state index contributed by atoms with van der Waals surface area (Å²) in [6.07, 6.45) is 3.73. The van der Waals surface area contributed by atoms with Crippen LogP contribution >= 0.6 is 0 Å². The summed E-state index contributed by atoms with van der Waals surface area (Å²) in [5.74, 6) is 0.726. The third-order valence-electron chi connectivity index (χ3n) is 2.57. The molecule has 1 aromatic heterocycles. The van der Waals surface area contributed by atoms with Gasteiger partial charge < -0.3 is 10.1 Å². The highest BCUT2D eigenvalue weighted by molar-refractivity contribution is 5.08. The van der Waals surface area contributed by atoms with Crippen LogP contribution in [0.2, 0.25) is 0 Å². The van der Waals surface area contributed by atoms with Crippen LogP contribution in [-0.2, 0) is 16.9 Å². The molecule has 4 nitrogen and oxygen atoms in total. The molecule has 1 N–H and O–H groups in total. The average Bonchev–Trinajstić information content (AvgIpc) is 2.26. The summed E-state index contributed by atoms with van der Waals surface area (Å²) >= 11 is 0. The summed E-state index contributed by atoms with van der Waals surface area (Å²) in [5.41, 5.74) is 0.759. The smallest absolute Gasteiger partial charge is 0.159 e. The van der Waals surface area contributed by atoms with Gasteiger partial charge in [-0.3, -0.25) is 0 Å². The van der Waals surface area contributed by atoms with Gasteiger partial charge in [0.25, 0.3) is 0 Å². The second-order valence-corrected chi connectivity index (χ2v) is 5.96. The number of aromatic nitrogens is 2. The van der Waals surface area contributed by atoms with Crippen LogP contribution in [0.5, 0.6) is 0 Å². The highest BCUT2D eigenvalue weighted by Gasteiger charge is 2.23. The van der Waals surface area contributed by atoms with Crippen molar-refractivity contribution in [3.63, 3.8) is 0 Å². The molecule has 1 heterocycles. The molecule has 0 aliphatic heterocycles. The molecule has 0 radical (unpaired) electrons. The zero-order chi connectivity index (χ0) is 13.8. The SMILES string of the molecule is CCOC(C)(C)c1ncc(CNC(C)(C)C)cn1. The van der Waals surface area contributed by atoms with Crippen LogP contribution in [0.3, 0.4) is 0 Å². The van der Waals surface area contributed by atoms with Gasteiger partial charge in [-0.25, -0.2) is 9.97 Å². The minimum Gasteiger partial charge on any atom is -0.368 e. The van der Waals surface area contributed by atoms with E-state index in [1.807, 2.05) is 33.2 Å². The van der Waals surface area contributed by atoms with Crippen molar-refractivity contribution in [3.05, 3.63) is 23.8 Å². The van der Waals surface area contributed by atoms with E-state index in [0.717, 1.165) is 17.9 Å². The lowest BCUT2D eigenvalue weighted by molar-refractivity contribution is -0.0208. The fourth-order valence-electron chi connectivity index (χ4n) is 1.55. The number of ether oxygens (including phenoxy) is 1. The Hall–Kier alpha value is -1.00. The third kappa shape index (κ3) is 4.70. The fraction of sp³-hybridized carbons (Fsp3) is 0.714. The van der Waals surface area contributed by atoms with E-state index in [4.69, 9.17) is 4.74 Å². The molecular weight excluding hydrogens is 226 g/mol. The lowest BCUT2D eigenvalue weighted by Gasteiger charge is -2.23. The van der Waals surface area contributed by atoms with Crippen LogP contribution in [0.4, 0.5) is 0 Å². The maximum atomic E-state index is 5.63. The van der Waals surface area contributed by atoms with Crippen LogP contribution in [0.15, 0.2) is 12.4 Å². The van der Waals surface area contributed by atoms with Crippen molar-refractivity contribution in [3.8, 4) is 0 Å². The van der Waals surface area contributed by atoms with Crippen molar-refractivity contribution >= 4 is 0 Å². The summed E-state index contributed by atoms with van der Waals surface area (Å²) < 4.78 is 5.63. The summed E-state index contributed by atoms with van der Waals surface area (Å²) in [7, 11) is 0. The molecule has 0 atom stereocenters. The Bertz CT molecular complexity index is 366. The van der Waals surface area contributed by atoms with Gasteiger partial charge in [0.15, 0.2) is 5.82 Å². The quantitative estimate of drug-likeness (QED) is 0.874. The van der Waals surface area contributed by atoms with E-state index in [1.165, 1.54) is 0 Å². The van der Waals surface area contributed by atoms with E-state index in [0.29, 0.717) is 6.61 Å². The molecule has 1 rings (SSSR count). The number of hydrogen-bond donors (Lipinski definition) is 1. The molecule has 0 aromatic carbocycles. The maximum absolute atomic E-state index is 5.63. The molecule has 18 heavy (non-hydrogen) atoms. The molecule has 0 aliphatic carbocycles. The number of nitrogens with one attached hydrogen (secondary N) is 1. The first-order chi connectivity index (χ1) is 8.24. The van der Waals surface area contributed by atoms with Crippen molar-refractivity contribution in [2.24, 2.45) is 0 Å². The van der Waals surface area contributed by atoms with Gasteiger partial charge in [0.05, 0.1) is 0 Å². The largest absolute Gasteiger partial charge is 0.368 e. The second-order valence-electron chi connectivity index (χ2n) is 5.96. The maximum Gasteiger partial charge on any atom is 0.159 e. The molecule has 0 spiro atoms. The van der Waals surface area contributed by atoms with E-state index in [9.17, 15) is 0 Å². The Morgan fingerprint density at radius 3 is 2.11 bits per heavy atom. The molecule has 0 bridgehead atoms. The van der Waals surface area contributed by atoms with Crippen molar-refractivity contribution < 1.29 is 4.74 Å². The Morgan fingerprint density at radius 1 is 1.11 bits per heavy atom. The Kier molecular flexibility index (Phi) is 4.82. The van der Waals surface area contributed by atoms with Crippen molar-refractivity contribution in [2.75, 3.05) is 6.61 Å². The van der Waals surface area contributed by atoms with Gasteiger partial charge in [0.2, 0.25) is 0 Å². The normalized spacial score (nSPS) is 12.8. The molecule has 0 saturated carbocycles. The first-order valence-electron chi connectivity index (χ1n) is 6.45. The van der Waals surface area contributed by atoms with E-state index in [2.05, 4.69) is 36.1 Å². The summed E-state index contributed by atoms with van der Waals surface area (Å²) in [5, 5.41) is 3.41. The number of rotatable bonds is 5. The molecule has 0 saturated heterocycles. The second kappa shape index (κ2) is 5.76. The molecule has 0 fully saturated rings.